The maximum Gasteiger partial charge on any atom is 0.0710 e. The summed E-state index contributed by atoms with van der Waals surface area (Å²) in [5.41, 5.74) is 5.76. The van der Waals surface area contributed by atoms with Gasteiger partial charge in [-0.2, -0.15) is 0 Å². The summed E-state index contributed by atoms with van der Waals surface area (Å²) < 4.78 is 10.6. The van der Waals surface area contributed by atoms with Crippen molar-refractivity contribution >= 4 is 0 Å². The number of likely N-dealkylation sites (tertiary alicyclic amines) is 1. The van der Waals surface area contributed by atoms with Crippen LogP contribution in [0.5, 0.6) is 0 Å². The van der Waals surface area contributed by atoms with Crippen LogP contribution in [0.3, 0.4) is 0 Å². The fraction of sp³-hybridized carbons (Fsp3) is 1.00. The van der Waals surface area contributed by atoms with Crippen LogP contribution in [0.2, 0.25) is 0 Å². The maximum absolute atomic E-state index is 5.80. The van der Waals surface area contributed by atoms with Gasteiger partial charge in [-0.25, -0.2) is 0 Å². The van der Waals surface area contributed by atoms with Gasteiger partial charge in [0.05, 0.1) is 18.2 Å². The normalized spacial score (nSPS) is 27.9. The minimum Gasteiger partial charge on any atom is -0.383 e. The van der Waals surface area contributed by atoms with Crippen molar-refractivity contribution in [2.24, 2.45) is 5.73 Å². The first-order chi connectivity index (χ1) is 6.66. The minimum atomic E-state index is -0.0397. The number of rotatable bonds is 5. The van der Waals surface area contributed by atoms with Crippen molar-refractivity contribution in [2.45, 2.75) is 25.0 Å². The third kappa shape index (κ3) is 2.45. The molecule has 0 bridgehead atoms. The SMILES string of the molecule is COCC(C)(CN)N1CCC(OC)C1. The third-order valence-electron chi connectivity index (χ3n) is 3.14. The van der Waals surface area contributed by atoms with E-state index in [-0.39, 0.29) is 5.54 Å². The molecule has 4 heteroatoms. The number of nitrogens with zero attached hydrogens (tertiary/aromatic N) is 1. The zero-order valence-corrected chi connectivity index (χ0v) is 9.45. The fourth-order valence-electron chi connectivity index (χ4n) is 2.00. The van der Waals surface area contributed by atoms with Crippen LogP contribution in [0.1, 0.15) is 13.3 Å². The van der Waals surface area contributed by atoms with Crippen LogP contribution in [0.4, 0.5) is 0 Å². The maximum atomic E-state index is 5.80. The van der Waals surface area contributed by atoms with Crippen LogP contribution in [-0.2, 0) is 9.47 Å². The van der Waals surface area contributed by atoms with E-state index < -0.39 is 0 Å². The highest BCUT2D eigenvalue weighted by Crippen LogP contribution is 2.22. The molecule has 0 aromatic carbocycles. The Morgan fingerprint density at radius 3 is 2.64 bits per heavy atom. The van der Waals surface area contributed by atoms with Gasteiger partial charge in [-0.3, -0.25) is 4.90 Å². The van der Waals surface area contributed by atoms with Crippen LogP contribution in [0.25, 0.3) is 0 Å². The number of hydrogen-bond acceptors (Lipinski definition) is 4. The molecule has 0 spiro atoms. The number of methoxy groups -OCH3 is 2. The molecule has 0 aromatic heterocycles. The Balaban J connectivity index is 2.53. The average Bonchev–Trinajstić information content (AvgIpc) is 2.66. The lowest BCUT2D eigenvalue weighted by molar-refractivity contribution is 0.0278. The molecule has 1 aliphatic rings. The smallest absolute Gasteiger partial charge is 0.0710 e. The van der Waals surface area contributed by atoms with Crippen molar-refractivity contribution in [3.63, 3.8) is 0 Å². The Morgan fingerprint density at radius 1 is 1.50 bits per heavy atom. The molecular formula is C10H22N2O2. The van der Waals surface area contributed by atoms with E-state index in [1.54, 1.807) is 14.2 Å². The average molecular weight is 202 g/mol. The second kappa shape index (κ2) is 5.07. The van der Waals surface area contributed by atoms with Crippen molar-refractivity contribution in [2.75, 3.05) is 40.5 Å². The summed E-state index contributed by atoms with van der Waals surface area (Å²) in [4.78, 5) is 2.37. The second-order valence-corrected chi connectivity index (χ2v) is 4.23. The highest BCUT2D eigenvalue weighted by Gasteiger charge is 2.35. The van der Waals surface area contributed by atoms with Crippen molar-refractivity contribution in [1.82, 2.24) is 4.90 Å². The Bertz CT molecular complexity index is 178. The lowest BCUT2D eigenvalue weighted by atomic mass is 10.0. The van der Waals surface area contributed by atoms with Crippen LogP contribution in [0.15, 0.2) is 0 Å². The zero-order valence-electron chi connectivity index (χ0n) is 9.45. The predicted molar refractivity (Wildman–Crippen MR) is 56.3 cm³/mol. The van der Waals surface area contributed by atoms with E-state index in [9.17, 15) is 0 Å². The first-order valence-corrected chi connectivity index (χ1v) is 5.13. The Kier molecular flexibility index (Phi) is 4.31. The third-order valence-corrected chi connectivity index (χ3v) is 3.14. The topological polar surface area (TPSA) is 47.7 Å². The molecule has 14 heavy (non-hydrogen) atoms. The Labute approximate surface area is 86.3 Å². The van der Waals surface area contributed by atoms with Gasteiger partial charge < -0.3 is 15.2 Å². The van der Waals surface area contributed by atoms with E-state index in [1.165, 1.54) is 0 Å². The van der Waals surface area contributed by atoms with Gasteiger partial charge in [0, 0.05) is 33.9 Å². The summed E-state index contributed by atoms with van der Waals surface area (Å²) in [6.45, 7) is 5.47. The van der Waals surface area contributed by atoms with Gasteiger partial charge in [-0.1, -0.05) is 0 Å². The highest BCUT2D eigenvalue weighted by molar-refractivity contribution is 4.92. The van der Waals surface area contributed by atoms with Gasteiger partial charge in [-0.05, 0) is 13.3 Å². The van der Waals surface area contributed by atoms with E-state index >= 15 is 0 Å². The second-order valence-electron chi connectivity index (χ2n) is 4.23. The first kappa shape index (κ1) is 11.9. The van der Waals surface area contributed by atoms with Crippen molar-refractivity contribution in [3.8, 4) is 0 Å². The Hall–Kier alpha value is -0.160. The number of nitrogens with two attached hydrogens (primary N) is 1. The molecule has 1 heterocycles. The van der Waals surface area contributed by atoms with Gasteiger partial charge in [0.1, 0.15) is 0 Å². The van der Waals surface area contributed by atoms with E-state index in [2.05, 4.69) is 11.8 Å². The molecule has 1 aliphatic heterocycles. The number of hydrogen-bond donors (Lipinski definition) is 1. The molecule has 0 aliphatic carbocycles. The van der Waals surface area contributed by atoms with Gasteiger partial charge in [0.15, 0.2) is 0 Å². The number of ether oxygens (including phenoxy) is 2. The van der Waals surface area contributed by atoms with Gasteiger partial charge in [0.2, 0.25) is 0 Å². The molecule has 0 saturated carbocycles. The van der Waals surface area contributed by atoms with E-state index in [4.69, 9.17) is 15.2 Å². The molecule has 4 nitrogen and oxygen atoms in total. The summed E-state index contributed by atoms with van der Waals surface area (Å²) in [5.74, 6) is 0. The molecule has 1 rings (SSSR count). The fourth-order valence-corrected chi connectivity index (χ4v) is 2.00. The van der Waals surface area contributed by atoms with Crippen molar-refractivity contribution in [1.29, 1.82) is 0 Å². The van der Waals surface area contributed by atoms with E-state index in [0.717, 1.165) is 19.5 Å². The van der Waals surface area contributed by atoms with Crippen LogP contribution < -0.4 is 5.73 Å². The summed E-state index contributed by atoms with van der Waals surface area (Å²) in [6.07, 6.45) is 1.45. The highest BCUT2D eigenvalue weighted by atomic mass is 16.5. The van der Waals surface area contributed by atoms with E-state index in [1.807, 2.05) is 0 Å². The molecular weight excluding hydrogens is 180 g/mol. The molecule has 0 radical (unpaired) electrons. The summed E-state index contributed by atoms with van der Waals surface area (Å²) in [5, 5.41) is 0. The summed E-state index contributed by atoms with van der Waals surface area (Å²) in [6, 6.07) is 0. The summed E-state index contributed by atoms with van der Waals surface area (Å²) in [7, 11) is 3.49. The van der Waals surface area contributed by atoms with Gasteiger partial charge in [-0.15, -0.1) is 0 Å². The molecule has 2 unspecified atom stereocenters. The molecule has 0 aromatic rings. The lowest BCUT2D eigenvalue weighted by Gasteiger charge is -2.37. The van der Waals surface area contributed by atoms with Crippen LogP contribution >= 0.6 is 0 Å². The predicted octanol–water partition coefficient (Wildman–Crippen LogP) is 0.0709. The standard InChI is InChI=1S/C10H22N2O2/c1-10(7-11,8-13-2)12-5-4-9(6-12)14-3/h9H,4-8,11H2,1-3H3. The van der Waals surface area contributed by atoms with E-state index in [0.29, 0.717) is 19.3 Å². The van der Waals surface area contributed by atoms with Crippen LogP contribution in [-0.4, -0.2) is 57.0 Å². The molecule has 1 saturated heterocycles. The van der Waals surface area contributed by atoms with Crippen molar-refractivity contribution < 1.29 is 9.47 Å². The van der Waals surface area contributed by atoms with Crippen molar-refractivity contribution in [3.05, 3.63) is 0 Å². The van der Waals surface area contributed by atoms with Gasteiger partial charge in [0.25, 0.3) is 0 Å². The lowest BCUT2D eigenvalue weighted by Crippen LogP contribution is -2.54. The van der Waals surface area contributed by atoms with Crippen LogP contribution in [0, 0.1) is 0 Å². The molecule has 1 fully saturated rings. The zero-order chi connectivity index (χ0) is 10.6. The minimum absolute atomic E-state index is 0.0397. The summed E-state index contributed by atoms with van der Waals surface area (Å²) >= 11 is 0. The Morgan fingerprint density at radius 2 is 2.21 bits per heavy atom. The quantitative estimate of drug-likeness (QED) is 0.685. The molecule has 0 amide bonds. The molecule has 2 atom stereocenters. The first-order valence-electron chi connectivity index (χ1n) is 5.13. The van der Waals surface area contributed by atoms with Gasteiger partial charge >= 0.3 is 0 Å². The largest absolute Gasteiger partial charge is 0.383 e. The monoisotopic (exact) mass is 202 g/mol. The molecule has 84 valence electrons. The molecule has 2 N–H and O–H groups in total.